The van der Waals surface area contributed by atoms with E-state index in [-0.39, 0.29) is 5.78 Å². The molecule has 0 unspecified atom stereocenters. The summed E-state index contributed by atoms with van der Waals surface area (Å²) in [5.41, 5.74) is 2.10. The Balaban J connectivity index is 2.80. The van der Waals surface area contributed by atoms with E-state index >= 15 is 0 Å². The Hall–Kier alpha value is -1.78. The Kier molecular flexibility index (Phi) is 1.80. The maximum Gasteiger partial charge on any atom is 0.251 e. The van der Waals surface area contributed by atoms with Gasteiger partial charge in [-0.25, -0.2) is 9.97 Å². The molecule has 72 valence electrons. The van der Waals surface area contributed by atoms with E-state index in [1.54, 1.807) is 0 Å². The molecule has 0 aliphatic heterocycles. The van der Waals surface area contributed by atoms with Gasteiger partial charge in [0.15, 0.2) is 5.78 Å². The number of hydrogen-bond acceptors (Lipinski definition) is 4. The molecule has 0 radical (unpaired) electrons. The minimum Gasteiger partial charge on any atom is -0.293 e. The molecule has 2 aromatic heterocycles. The third-order valence-corrected chi connectivity index (χ3v) is 2.12. The number of carbonyl (C=O) groups excluding carboxylic acids is 1. The van der Waals surface area contributed by atoms with Crippen LogP contribution < -0.4 is 0 Å². The summed E-state index contributed by atoms with van der Waals surface area (Å²) in [4.78, 5) is 19.4. The second-order valence-electron chi connectivity index (χ2n) is 3.19. The van der Waals surface area contributed by atoms with E-state index in [1.165, 1.54) is 17.6 Å². The molecular formula is C9H10N4O. The van der Waals surface area contributed by atoms with E-state index in [0.717, 1.165) is 11.4 Å². The van der Waals surface area contributed by atoms with Crippen LogP contribution >= 0.6 is 0 Å². The van der Waals surface area contributed by atoms with E-state index in [2.05, 4.69) is 15.1 Å². The van der Waals surface area contributed by atoms with Gasteiger partial charge in [0.25, 0.3) is 5.78 Å². The highest BCUT2D eigenvalue weighted by atomic mass is 16.1. The van der Waals surface area contributed by atoms with Crippen molar-refractivity contribution < 1.29 is 4.79 Å². The maximum atomic E-state index is 11.2. The zero-order valence-electron chi connectivity index (χ0n) is 8.27. The molecule has 0 spiro atoms. The van der Waals surface area contributed by atoms with Crippen LogP contribution in [-0.2, 0) is 0 Å². The Bertz CT molecular complexity index is 515. The molecule has 5 heteroatoms. The molecule has 5 nitrogen and oxygen atoms in total. The van der Waals surface area contributed by atoms with Crippen molar-refractivity contribution in [3.8, 4) is 0 Å². The summed E-state index contributed by atoms with van der Waals surface area (Å²) in [6.07, 6.45) is 1.50. The first-order valence-corrected chi connectivity index (χ1v) is 4.29. The first kappa shape index (κ1) is 8.80. The first-order chi connectivity index (χ1) is 6.59. The van der Waals surface area contributed by atoms with Crippen molar-refractivity contribution in [3.05, 3.63) is 23.3 Å². The van der Waals surface area contributed by atoms with Gasteiger partial charge >= 0.3 is 0 Å². The molecule has 0 amide bonds. The van der Waals surface area contributed by atoms with Crippen LogP contribution in [0.1, 0.15) is 28.8 Å². The molecule has 14 heavy (non-hydrogen) atoms. The van der Waals surface area contributed by atoms with E-state index < -0.39 is 0 Å². The minimum absolute atomic E-state index is 0.0601. The summed E-state index contributed by atoms with van der Waals surface area (Å²) in [5.74, 6) is 0.411. The van der Waals surface area contributed by atoms with Gasteiger partial charge in [-0.05, 0) is 13.8 Å². The molecule has 0 bridgehead atoms. The quantitative estimate of drug-likeness (QED) is 0.628. The fourth-order valence-electron chi connectivity index (χ4n) is 1.20. The number of aryl methyl sites for hydroxylation is 2. The minimum atomic E-state index is -0.0601. The van der Waals surface area contributed by atoms with Gasteiger partial charge in [0.05, 0.1) is 17.6 Å². The first-order valence-electron chi connectivity index (χ1n) is 4.29. The van der Waals surface area contributed by atoms with E-state index in [1.807, 2.05) is 13.8 Å². The second kappa shape index (κ2) is 2.87. The lowest BCUT2D eigenvalue weighted by Crippen LogP contribution is -2.06. The Morgan fingerprint density at radius 1 is 1.36 bits per heavy atom. The molecule has 0 saturated heterocycles. The largest absolute Gasteiger partial charge is 0.293 e. The van der Waals surface area contributed by atoms with Gasteiger partial charge in [-0.2, -0.15) is 9.61 Å². The average molecular weight is 190 g/mol. The molecular weight excluding hydrogens is 180 g/mol. The Morgan fingerprint density at radius 3 is 2.71 bits per heavy atom. The van der Waals surface area contributed by atoms with Crippen LogP contribution in [0.25, 0.3) is 5.78 Å². The predicted octanol–water partition coefficient (Wildman–Crippen LogP) is 0.944. The molecule has 0 atom stereocenters. The van der Waals surface area contributed by atoms with Gasteiger partial charge in [-0.3, -0.25) is 4.79 Å². The zero-order valence-corrected chi connectivity index (χ0v) is 8.27. The van der Waals surface area contributed by atoms with Gasteiger partial charge < -0.3 is 0 Å². The van der Waals surface area contributed by atoms with Crippen LogP contribution in [0, 0.1) is 13.8 Å². The number of rotatable bonds is 1. The van der Waals surface area contributed by atoms with Crippen molar-refractivity contribution in [1.29, 1.82) is 0 Å². The number of hydrogen-bond donors (Lipinski definition) is 0. The summed E-state index contributed by atoms with van der Waals surface area (Å²) >= 11 is 0. The number of carbonyl (C=O) groups is 1. The normalized spacial score (nSPS) is 10.8. The molecule has 0 N–H and O–H groups in total. The fraction of sp³-hybridized carbons (Fsp3) is 0.333. The van der Waals surface area contributed by atoms with Crippen molar-refractivity contribution in [2.24, 2.45) is 0 Å². The molecule has 0 fully saturated rings. The third-order valence-electron chi connectivity index (χ3n) is 2.12. The van der Waals surface area contributed by atoms with Crippen LogP contribution in [0.4, 0.5) is 0 Å². The molecule has 0 aliphatic rings. The molecule has 0 saturated carbocycles. The zero-order chi connectivity index (χ0) is 10.3. The SMILES string of the molecule is CC(=O)c1cnc2nc(C)c(C)nn12. The lowest BCUT2D eigenvalue weighted by molar-refractivity contribution is 0.101. The van der Waals surface area contributed by atoms with Crippen molar-refractivity contribution >= 4 is 11.6 Å². The Morgan fingerprint density at radius 2 is 2.07 bits per heavy atom. The van der Waals surface area contributed by atoms with Gasteiger partial charge in [-0.1, -0.05) is 0 Å². The molecule has 2 rings (SSSR count). The lowest BCUT2D eigenvalue weighted by Gasteiger charge is -2.00. The van der Waals surface area contributed by atoms with E-state index in [9.17, 15) is 4.79 Å². The summed E-state index contributed by atoms with van der Waals surface area (Å²) in [5, 5.41) is 4.23. The highest BCUT2D eigenvalue weighted by molar-refractivity contribution is 5.92. The van der Waals surface area contributed by atoms with Crippen LogP contribution in [0.5, 0.6) is 0 Å². The Labute approximate surface area is 80.8 Å². The number of fused-ring (bicyclic) bond motifs is 1. The van der Waals surface area contributed by atoms with Crippen LogP contribution in [0.15, 0.2) is 6.20 Å². The van der Waals surface area contributed by atoms with Crippen LogP contribution in [0.3, 0.4) is 0 Å². The number of aromatic nitrogens is 4. The molecule has 0 aromatic carbocycles. The summed E-state index contributed by atoms with van der Waals surface area (Å²) < 4.78 is 1.48. The van der Waals surface area contributed by atoms with Gasteiger partial charge in [0, 0.05) is 6.92 Å². The van der Waals surface area contributed by atoms with Gasteiger partial charge in [0.1, 0.15) is 5.69 Å². The van der Waals surface area contributed by atoms with Crippen LogP contribution in [-0.4, -0.2) is 25.4 Å². The highest BCUT2D eigenvalue weighted by Gasteiger charge is 2.10. The summed E-state index contributed by atoms with van der Waals surface area (Å²) in [6, 6.07) is 0. The number of nitrogens with zero attached hydrogens (tertiary/aromatic N) is 4. The molecule has 0 aliphatic carbocycles. The molecule has 2 aromatic rings. The van der Waals surface area contributed by atoms with Crippen molar-refractivity contribution in [2.75, 3.05) is 0 Å². The lowest BCUT2D eigenvalue weighted by atomic mass is 10.3. The average Bonchev–Trinajstić information content (AvgIpc) is 2.48. The van der Waals surface area contributed by atoms with Crippen LogP contribution in [0.2, 0.25) is 0 Å². The standard InChI is InChI=1S/C9H10N4O/c1-5-6(2)12-13-8(7(3)14)4-10-9(13)11-5/h4H,1-3H3. The van der Waals surface area contributed by atoms with Crippen molar-refractivity contribution in [1.82, 2.24) is 19.6 Å². The third kappa shape index (κ3) is 1.17. The maximum absolute atomic E-state index is 11.2. The van der Waals surface area contributed by atoms with E-state index in [0.29, 0.717) is 11.5 Å². The summed E-state index contributed by atoms with van der Waals surface area (Å²) in [6.45, 7) is 5.20. The number of imidazole rings is 1. The van der Waals surface area contributed by atoms with Gasteiger partial charge in [0.2, 0.25) is 0 Å². The fourth-order valence-corrected chi connectivity index (χ4v) is 1.20. The van der Waals surface area contributed by atoms with Gasteiger partial charge in [-0.15, -0.1) is 0 Å². The number of Topliss-reactive ketones (excluding diaryl/α,β-unsaturated/α-hetero) is 1. The smallest absolute Gasteiger partial charge is 0.251 e. The topological polar surface area (TPSA) is 60.2 Å². The molecule has 2 heterocycles. The van der Waals surface area contributed by atoms with Crippen molar-refractivity contribution in [2.45, 2.75) is 20.8 Å². The predicted molar refractivity (Wildman–Crippen MR) is 50.3 cm³/mol. The second-order valence-corrected chi connectivity index (χ2v) is 3.19. The number of ketones is 1. The summed E-state index contributed by atoms with van der Waals surface area (Å²) in [7, 11) is 0. The van der Waals surface area contributed by atoms with E-state index in [4.69, 9.17) is 0 Å². The highest BCUT2D eigenvalue weighted by Crippen LogP contribution is 2.06. The van der Waals surface area contributed by atoms with Crippen molar-refractivity contribution in [3.63, 3.8) is 0 Å². The monoisotopic (exact) mass is 190 g/mol.